The van der Waals surface area contributed by atoms with E-state index in [4.69, 9.17) is 14.2 Å². The lowest BCUT2D eigenvalue weighted by molar-refractivity contribution is -0.400. The summed E-state index contributed by atoms with van der Waals surface area (Å²) in [6.45, 7) is -4.64. The molecule has 1 saturated carbocycles. The number of methoxy groups -OCH3 is 2. The molecule has 17 heteroatoms. The maximum atomic E-state index is 14.2. The van der Waals surface area contributed by atoms with E-state index in [9.17, 15) is 39.9 Å². The second-order valence-corrected chi connectivity index (χ2v) is 10.6. The third-order valence-corrected chi connectivity index (χ3v) is 7.51. The predicted octanol–water partition coefficient (Wildman–Crippen LogP) is 7.25. The van der Waals surface area contributed by atoms with Gasteiger partial charge in [0.1, 0.15) is 11.8 Å². The molecular formula is C28H25F8NO7S. The van der Waals surface area contributed by atoms with Crippen molar-refractivity contribution in [3.8, 4) is 11.5 Å². The van der Waals surface area contributed by atoms with Crippen molar-refractivity contribution >= 4 is 17.3 Å². The molecule has 0 spiro atoms. The number of benzene rings is 2. The van der Waals surface area contributed by atoms with Crippen LogP contribution in [-0.2, 0) is 29.3 Å². The van der Waals surface area contributed by atoms with Crippen molar-refractivity contribution in [2.24, 2.45) is 0 Å². The van der Waals surface area contributed by atoms with Gasteiger partial charge in [-0.15, -0.1) is 11.3 Å². The molecule has 0 N–H and O–H groups in total. The standard InChI is InChI=1S/C28H25F8NO7S/c1-39-14-41-26(27(31,32)33,28(34,35)36)24-37-13-20(45-24)21(44-23(38)22(40-2)15-6-4-3-5-7-15)16-8-11-18(43-25(29)30)19(12-16)42-17-9-10-17/h3-8,11-13,17,21-22,25H,9-10,14H2,1-2H3/t21?,22-/m0/s1. The number of hydrogen-bond acceptors (Lipinski definition) is 9. The van der Waals surface area contributed by atoms with Gasteiger partial charge in [-0.2, -0.15) is 35.1 Å². The van der Waals surface area contributed by atoms with Gasteiger partial charge >= 0.3 is 30.5 Å². The van der Waals surface area contributed by atoms with Gasteiger partial charge in [-0.05, 0) is 30.5 Å². The summed E-state index contributed by atoms with van der Waals surface area (Å²) in [6.07, 6.45) is -13.7. The summed E-state index contributed by atoms with van der Waals surface area (Å²) in [7, 11) is 2.02. The Labute approximate surface area is 254 Å². The van der Waals surface area contributed by atoms with E-state index in [1.165, 1.54) is 19.2 Å². The molecule has 1 aliphatic rings. The molecule has 1 aromatic heterocycles. The first-order chi connectivity index (χ1) is 21.2. The second kappa shape index (κ2) is 13.8. The molecule has 2 aromatic carbocycles. The van der Waals surface area contributed by atoms with E-state index in [2.05, 4.69) is 19.2 Å². The highest BCUT2D eigenvalue weighted by Gasteiger charge is 2.75. The lowest BCUT2D eigenvalue weighted by Gasteiger charge is -2.34. The normalized spacial score (nSPS) is 15.5. The number of carbonyl (C=O) groups is 1. The molecular weight excluding hydrogens is 646 g/mol. The zero-order chi connectivity index (χ0) is 33.0. The van der Waals surface area contributed by atoms with Crippen LogP contribution in [0.5, 0.6) is 11.5 Å². The second-order valence-electron chi connectivity index (χ2n) is 9.54. The Kier molecular flexibility index (Phi) is 10.6. The van der Waals surface area contributed by atoms with Gasteiger partial charge in [-0.3, -0.25) is 0 Å². The minimum atomic E-state index is -6.06. The van der Waals surface area contributed by atoms with E-state index in [0.29, 0.717) is 24.6 Å². The summed E-state index contributed by atoms with van der Waals surface area (Å²) >= 11 is -0.0907. The Balaban J connectivity index is 1.83. The molecule has 1 unspecified atom stereocenters. The Morgan fingerprint density at radius 1 is 0.956 bits per heavy atom. The van der Waals surface area contributed by atoms with Gasteiger partial charge in [0.2, 0.25) is 0 Å². The van der Waals surface area contributed by atoms with Crippen molar-refractivity contribution in [3.63, 3.8) is 0 Å². The lowest BCUT2D eigenvalue weighted by Crippen LogP contribution is -2.56. The van der Waals surface area contributed by atoms with Crippen molar-refractivity contribution in [1.82, 2.24) is 4.98 Å². The fourth-order valence-corrected chi connectivity index (χ4v) is 5.31. The number of aromatic nitrogens is 1. The predicted molar refractivity (Wildman–Crippen MR) is 140 cm³/mol. The minimum absolute atomic E-state index is 0.0684. The van der Waals surface area contributed by atoms with Crippen molar-refractivity contribution in [2.75, 3.05) is 21.0 Å². The van der Waals surface area contributed by atoms with E-state index in [1.54, 1.807) is 18.2 Å². The smallest absolute Gasteiger partial charge is 0.433 e. The van der Waals surface area contributed by atoms with Gasteiger partial charge < -0.3 is 28.4 Å². The third-order valence-electron chi connectivity index (χ3n) is 6.37. The molecule has 1 heterocycles. The number of nitrogens with zero attached hydrogens (tertiary/aromatic N) is 1. The number of ether oxygens (including phenoxy) is 6. The highest BCUT2D eigenvalue weighted by molar-refractivity contribution is 7.11. The van der Waals surface area contributed by atoms with Crippen LogP contribution in [0.3, 0.4) is 0 Å². The molecule has 1 fully saturated rings. The molecule has 45 heavy (non-hydrogen) atoms. The van der Waals surface area contributed by atoms with E-state index in [1.807, 2.05) is 0 Å². The molecule has 4 rings (SSSR count). The minimum Gasteiger partial charge on any atom is -0.487 e. The van der Waals surface area contributed by atoms with Crippen LogP contribution in [-0.4, -0.2) is 57.0 Å². The van der Waals surface area contributed by atoms with Crippen LogP contribution in [0.25, 0.3) is 0 Å². The van der Waals surface area contributed by atoms with Crippen molar-refractivity contribution in [2.45, 2.75) is 55.7 Å². The number of hydrogen-bond donors (Lipinski definition) is 0. The number of thiazole rings is 1. The van der Waals surface area contributed by atoms with Crippen LogP contribution >= 0.6 is 11.3 Å². The van der Waals surface area contributed by atoms with E-state index in [-0.39, 0.29) is 28.8 Å². The number of rotatable bonds is 14. The maximum Gasteiger partial charge on any atom is 0.433 e. The fourth-order valence-electron chi connectivity index (χ4n) is 4.15. The van der Waals surface area contributed by atoms with Gasteiger partial charge in [-0.25, -0.2) is 9.78 Å². The molecule has 0 bridgehead atoms. The topological polar surface area (TPSA) is 85.3 Å². The monoisotopic (exact) mass is 671 g/mol. The summed E-state index contributed by atoms with van der Waals surface area (Å²) in [5.74, 6) is -1.68. The number of carbonyl (C=O) groups excluding carboxylic acids is 1. The summed E-state index contributed by atoms with van der Waals surface area (Å²) in [5.41, 5.74) is -4.64. The Morgan fingerprint density at radius 3 is 2.18 bits per heavy atom. The summed E-state index contributed by atoms with van der Waals surface area (Å²) in [4.78, 5) is 16.4. The number of esters is 1. The Hall–Kier alpha value is -3.54. The van der Waals surface area contributed by atoms with Crippen LogP contribution in [0.15, 0.2) is 54.7 Å². The van der Waals surface area contributed by atoms with Crippen LogP contribution in [0.1, 0.15) is 46.1 Å². The highest BCUT2D eigenvalue weighted by Crippen LogP contribution is 2.54. The molecule has 2 atom stereocenters. The van der Waals surface area contributed by atoms with Crippen LogP contribution < -0.4 is 9.47 Å². The summed E-state index contributed by atoms with van der Waals surface area (Å²) in [6, 6.07) is 11.2. The van der Waals surface area contributed by atoms with E-state index >= 15 is 0 Å². The fraction of sp³-hybridized carbons (Fsp3) is 0.429. The molecule has 1 aliphatic carbocycles. The van der Waals surface area contributed by atoms with Crippen molar-refractivity contribution in [1.29, 1.82) is 0 Å². The quantitative estimate of drug-likeness (QED) is 0.101. The first kappa shape index (κ1) is 34.3. The Bertz CT molecular complexity index is 1420. The lowest BCUT2D eigenvalue weighted by atomic mass is 10.0. The highest BCUT2D eigenvalue weighted by atomic mass is 32.1. The van der Waals surface area contributed by atoms with E-state index in [0.717, 1.165) is 25.3 Å². The molecule has 8 nitrogen and oxygen atoms in total. The van der Waals surface area contributed by atoms with Crippen molar-refractivity contribution in [3.05, 3.63) is 75.7 Å². The Morgan fingerprint density at radius 2 is 1.62 bits per heavy atom. The van der Waals surface area contributed by atoms with Gasteiger partial charge in [-0.1, -0.05) is 36.4 Å². The summed E-state index contributed by atoms with van der Waals surface area (Å²) in [5, 5.41) is -1.57. The van der Waals surface area contributed by atoms with Crippen LogP contribution in [0.2, 0.25) is 0 Å². The van der Waals surface area contributed by atoms with Crippen LogP contribution in [0.4, 0.5) is 35.1 Å². The SMILES string of the molecule is COCOC(c1ncc(C(OC(=O)[C@@H](OC)c2ccccc2)c2ccc(OC(F)F)c(OC3CC3)c2)s1)(C(F)(F)F)C(F)(F)F. The molecule has 3 aromatic rings. The first-order valence-corrected chi connectivity index (χ1v) is 13.8. The average molecular weight is 672 g/mol. The maximum absolute atomic E-state index is 14.2. The first-order valence-electron chi connectivity index (χ1n) is 13.0. The average Bonchev–Trinajstić information content (AvgIpc) is 3.65. The molecule has 0 aliphatic heterocycles. The molecule has 246 valence electrons. The zero-order valence-corrected chi connectivity index (χ0v) is 24.2. The number of alkyl halides is 8. The van der Waals surface area contributed by atoms with Gasteiger partial charge in [0.05, 0.1) is 11.0 Å². The number of halogens is 8. The summed E-state index contributed by atoms with van der Waals surface area (Å²) < 4.78 is 141. The van der Waals surface area contributed by atoms with Gasteiger partial charge in [0.25, 0.3) is 0 Å². The van der Waals surface area contributed by atoms with Crippen LogP contribution in [0, 0.1) is 0 Å². The van der Waals surface area contributed by atoms with Crippen molar-refractivity contribution < 1.29 is 68.3 Å². The molecule has 0 amide bonds. The van der Waals surface area contributed by atoms with Gasteiger partial charge in [0.15, 0.2) is 23.7 Å². The third kappa shape index (κ3) is 7.65. The molecule has 0 saturated heterocycles. The molecule has 0 radical (unpaired) electrons. The zero-order valence-electron chi connectivity index (χ0n) is 23.4. The van der Waals surface area contributed by atoms with Gasteiger partial charge in [0, 0.05) is 26.0 Å². The van der Waals surface area contributed by atoms with E-state index < -0.39 is 65.2 Å². The largest absolute Gasteiger partial charge is 0.487 e.